The van der Waals surface area contributed by atoms with Gasteiger partial charge in [0.25, 0.3) is 0 Å². The second kappa shape index (κ2) is 8.00. The highest BCUT2D eigenvalue weighted by Gasteiger charge is 2.17. The van der Waals surface area contributed by atoms with Gasteiger partial charge in [0, 0.05) is 23.2 Å². The predicted molar refractivity (Wildman–Crippen MR) is 88.3 cm³/mol. The van der Waals surface area contributed by atoms with Crippen molar-refractivity contribution in [1.82, 2.24) is 9.97 Å². The third-order valence-corrected chi connectivity index (χ3v) is 3.83. The van der Waals surface area contributed by atoms with Crippen LogP contribution in [0.5, 0.6) is 11.5 Å². The average Bonchev–Trinajstić information content (AvgIpc) is 3.03. The summed E-state index contributed by atoms with van der Waals surface area (Å²) in [6.45, 7) is -6.20. The van der Waals surface area contributed by atoms with Gasteiger partial charge in [0.15, 0.2) is 5.13 Å². The minimum absolute atomic E-state index is 0.220. The van der Waals surface area contributed by atoms with Crippen LogP contribution in [-0.4, -0.2) is 23.2 Å². The quantitative estimate of drug-likeness (QED) is 0.570. The Balaban J connectivity index is 1.87. The Hall–Kier alpha value is -2.88. The molecular weight excluding hydrogens is 374 g/mol. The lowest BCUT2D eigenvalue weighted by Gasteiger charge is -2.12. The lowest BCUT2D eigenvalue weighted by Crippen LogP contribution is -2.05. The Morgan fingerprint density at radius 1 is 1.00 bits per heavy atom. The second-order valence-electron chi connectivity index (χ2n) is 4.79. The molecule has 10 heteroatoms. The third-order valence-electron chi connectivity index (χ3n) is 3.07. The number of hydrogen-bond acceptors (Lipinski definition) is 6. The molecule has 0 amide bonds. The van der Waals surface area contributed by atoms with Crippen molar-refractivity contribution in [3.63, 3.8) is 0 Å². The highest BCUT2D eigenvalue weighted by Crippen LogP contribution is 2.36. The molecule has 0 saturated carbocycles. The summed E-state index contributed by atoms with van der Waals surface area (Å²) in [5.74, 6) is -0.0348. The number of benzene rings is 1. The van der Waals surface area contributed by atoms with Crippen molar-refractivity contribution >= 4 is 22.3 Å². The van der Waals surface area contributed by atoms with Crippen molar-refractivity contribution in [2.45, 2.75) is 13.2 Å². The molecule has 3 rings (SSSR count). The van der Waals surface area contributed by atoms with Crippen molar-refractivity contribution in [2.75, 3.05) is 5.32 Å². The van der Waals surface area contributed by atoms with Crippen LogP contribution in [0.25, 0.3) is 11.3 Å². The molecule has 0 unspecified atom stereocenters. The maximum absolute atomic E-state index is 12.7. The van der Waals surface area contributed by atoms with Gasteiger partial charge in [-0.2, -0.15) is 17.6 Å². The Bertz CT molecular complexity index is 862. The molecule has 0 spiro atoms. The van der Waals surface area contributed by atoms with Crippen LogP contribution >= 0.6 is 11.3 Å². The van der Waals surface area contributed by atoms with Crippen LogP contribution < -0.4 is 14.8 Å². The van der Waals surface area contributed by atoms with Gasteiger partial charge in [0.05, 0.1) is 5.69 Å². The standard InChI is InChI=1S/C16H11F4N3O2S/c17-14(18)24-9-4-5-10(12(7-9)25-15(19)20)11-8-26-16(22-11)23-13-3-1-2-6-21-13/h1-8,14-15H,(H,21,22,23). The van der Waals surface area contributed by atoms with Crippen molar-refractivity contribution in [3.8, 4) is 22.8 Å². The maximum Gasteiger partial charge on any atom is 0.387 e. The molecule has 0 fully saturated rings. The molecular formula is C16H11F4N3O2S. The summed E-state index contributed by atoms with van der Waals surface area (Å²) in [5.41, 5.74) is 0.560. The van der Waals surface area contributed by atoms with E-state index >= 15 is 0 Å². The summed E-state index contributed by atoms with van der Waals surface area (Å²) in [6, 6.07) is 8.82. The van der Waals surface area contributed by atoms with Gasteiger partial charge in [0.1, 0.15) is 17.3 Å². The van der Waals surface area contributed by atoms with E-state index in [4.69, 9.17) is 0 Å². The van der Waals surface area contributed by atoms with E-state index in [1.807, 2.05) is 0 Å². The van der Waals surface area contributed by atoms with E-state index < -0.39 is 13.2 Å². The molecule has 0 aliphatic carbocycles. The van der Waals surface area contributed by atoms with Gasteiger partial charge in [-0.3, -0.25) is 0 Å². The number of rotatable bonds is 7. The third kappa shape index (κ3) is 4.60. The molecule has 2 aromatic heterocycles. The fraction of sp³-hybridized carbons (Fsp3) is 0.125. The first kappa shape index (κ1) is 17.9. The van der Waals surface area contributed by atoms with Gasteiger partial charge in [-0.15, -0.1) is 11.3 Å². The van der Waals surface area contributed by atoms with Gasteiger partial charge < -0.3 is 14.8 Å². The van der Waals surface area contributed by atoms with E-state index in [0.717, 1.165) is 6.07 Å². The monoisotopic (exact) mass is 385 g/mol. The summed E-state index contributed by atoms with van der Waals surface area (Å²) in [5, 5.41) is 5.07. The zero-order chi connectivity index (χ0) is 18.5. The largest absolute Gasteiger partial charge is 0.435 e. The molecule has 0 atom stereocenters. The number of ether oxygens (including phenoxy) is 2. The number of hydrogen-bond donors (Lipinski definition) is 1. The fourth-order valence-corrected chi connectivity index (χ4v) is 2.80. The number of thiazole rings is 1. The van der Waals surface area contributed by atoms with E-state index in [1.165, 1.54) is 23.5 Å². The number of aromatic nitrogens is 2. The molecule has 136 valence electrons. The molecule has 3 aromatic rings. The van der Waals surface area contributed by atoms with Crippen LogP contribution in [0.15, 0.2) is 48.0 Å². The van der Waals surface area contributed by atoms with Crippen molar-refractivity contribution < 1.29 is 27.0 Å². The van der Waals surface area contributed by atoms with Crippen LogP contribution in [-0.2, 0) is 0 Å². The molecule has 0 saturated heterocycles. The molecule has 26 heavy (non-hydrogen) atoms. The molecule has 1 N–H and O–H groups in total. The van der Waals surface area contributed by atoms with Crippen molar-refractivity contribution in [1.29, 1.82) is 0 Å². The van der Waals surface area contributed by atoms with Crippen LogP contribution in [0.2, 0.25) is 0 Å². The molecule has 2 heterocycles. The van der Waals surface area contributed by atoms with Gasteiger partial charge in [-0.1, -0.05) is 6.07 Å². The van der Waals surface area contributed by atoms with Crippen molar-refractivity contribution in [3.05, 3.63) is 48.0 Å². The number of anilines is 2. The lowest BCUT2D eigenvalue weighted by atomic mass is 10.1. The Morgan fingerprint density at radius 2 is 1.81 bits per heavy atom. The molecule has 0 aliphatic rings. The molecule has 0 bridgehead atoms. The summed E-state index contributed by atoms with van der Waals surface area (Å²) >= 11 is 1.23. The van der Waals surface area contributed by atoms with Gasteiger partial charge in [0.2, 0.25) is 0 Å². The molecule has 5 nitrogen and oxygen atoms in total. The van der Waals surface area contributed by atoms with Gasteiger partial charge in [-0.05, 0) is 24.3 Å². The zero-order valence-corrected chi connectivity index (χ0v) is 13.7. The van der Waals surface area contributed by atoms with E-state index in [2.05, 4.69) is 24.8 Å². The Morgan fingerprint density at radius 3 is 2.50 bits per heavy atom. The summed E-state index contributed by atoms with van der Waals surface area (Å²) in [7, 11) is 0. The minimum atomic E-state index is -3.12. The van der Waals surface area contributed by atoms with Crippen molar-refractivity contribution in [2.24, 2.45) is 0 Å². The second-order valence-corrected chi connectivity index (χ2v) is 5.65. The summed E-state index contributed by atoms with van der Waals surface area (Å²) in [6.07, 6.45) is 1.60. The average molecular weight is 385 g/mol. The SMILES string of the molecule is FC(F)Oc1ccc(-c2csc(Nc3ccccn3)n2)c(OC(F)F)c1. The number of alkyl halides is 4. The van der Waals surface area contributed by atoms with E-state index in [1.54, 1.807) is 29.8 Å². The maximum atomic E-state index is 12.7. The van der Waals surface area contributed by atoms with E-state index in [-0.39, 0.29) is 17.1 Å². The van der Waals surface area contributed by atoms with Crippen LogP contribution in [0.4, 0.5) is 28.5 Å². The minimum Gasteiger partial charge on any atom is -0.435 e. The summed E-state index contributed by atoms with van der Waals surface area (Å²) < 4.78 is 58.6. The Kier molecular flexibility index (Phi) is 5.52. The zero-order valence-electron chi connectivity index (χ0n) is 12.9. The predicted octanol–water partition coefficient (Wildman–Crippen LogP) is 5.15. The smallest absolute Gasteiger partial charge is 0.387 e. The van der Waals surface area contributed by atoms with E-state index in [9.17, 15) is 17.6 Å². The normalized spacial score (nSPS) is 11.0. The Labute approximate surface area is 149 Å². The van der Waals surface area contributed by atoms with Crippen LogP contribution in [0.3, 0.4) is 0 Å². The summed E-state index contributed by atoms with van der Waals surface area (Å²) in [4.78, 5) is 8.38. The van der Waals surface area contributed by atoms with E-state index in [0.29, 0.717) is 16.6 Å². The fourth-order valence-electron chi connectivity index (χ4n) is 2.09. The first-order chi connectivity index (χ1) is 12.5. The number of nitrogens with zero attached hydrogens (tertiary/aromatic N) is 2. The number of halogens is 4. The van der Waals surface area contributed by atoms with Crippen LogP contribution in [0.1, 0.15) is 0 Å². The van der Waals surface area contributed by atoms with Gasteiger partial charge >= 0.3 is 13.2 Å². The number of nitrogens with one attached hydrogen (secondary N) is 1. The molecule has 0 aliphatic heterocycles. The first-order valence-corrected chi connectivity index (χ1v) is 8.07. The van der Waals surface area contributed by atoms with Gasteiger partial charge in [-0.25, -0.2) is 9.97 Å². The lowest BCUT2D eigenvalue weighted by molar-refractivity contribution is -0.0540. The first-order valence-electron chi connectivity index (χ1n) is 7.19. The highest BCUT2D eigenvalue weighted by atomic mass is 32.1. The molecule has 0 radical (unpaired) electrons. The number of pyridine rings is 1. The van der Waals surface area contributed by atoms with Crippen LogP contribution in [0, 0.1) is 0 Å². The topological polar surface area (TPSA) is 56.3 Å². The highest BCUT2D eigenvalue weighted by molar-refractivity contribution is 7.14. The molecule has 1 aromatic carbocycles.